The molecule has 2 N–H and O–H groups in total. The monoisotopic (exact) mass is 211 g/mol. The lowest BCUT2D eigenvalue weighted by Gasteiger charge is -2.29. The molecule has 0 bridgehead atoms. The molecule has 0 saturated heterocycles. The Hall–Kier alpha value is -0.340. The van der Waals surface area contributed by atoms with Gasteiger partial charge in [-0.25, -0.2) is 0 Å². The maximum Gasteiger partial charge on any atom is 0.0441 e. The van der Waals surface area contributed by atoms with Crippen molar-refractivity contribution < 1.29 is 0 Å². The van der Waals surface area contributed by atoms with Crippen molar-refractivity contribution in [2.45, 2.75) is 46.6 Å². The number of rotatable bonds is 4. The van der Waals surface area contributed by atoms with Gasteiger partial charge in [0.1, 0.15) is 0 Å². The Morgan fingerprint density at radius 1 is 1.36 bits per heavy atom. The van der Waals surface area contributed by atoms with Crippen molar-refractivity contribution in [1.29, 1.82) is 0 Å². The third kappa shape index (κ3) is 2.37. The van der Waals surface area contributed by atoms with Crippen molar-refractivity contribution in [1.82, 2.24) is 0 Å². The summed E-state index contributed by atoms with van der Waals surface area (Å²) in [6, 6.07) is 4.56. The summed E-state index contributed by atoms with van der Waals surface area (Å²) in [6.07, 6.45) is 2.23. The Kier molecular flexibility index (Phi) is 3.73. The molecule has 1 unspecified atom stereocenters. The van der Waals surface area contributed by atoms with Gasteiger partial charge in [-0.2, -0.15) is 0 Å². The van der Waals surface area contributed by atoms with Gasteiger partial charge in [0.2, 0.25) is 0 Å². The molecule has 80 valence electrons. The highest BCUT2D eigenvalue weighted by Gasteiger charge is 2.26. The minimum atomic E-state index is 0.179. The molecule has 0 amide bonds. The van der Waals surface area contributed by atoms with E-state index in [1.165, 1.54) is 9.75 Å². The molecule has 0 aliphatic heterocycles. The van der Waals surface area contributed by atoms with E-state index >= 15 is 0 Å². The second-order valence-electron chi connectivity index (χ2n) is 4.48. The van der Waals surface area contributed by atoms with E-state index in [2.05, 4.69) is 39.8 Å². The van der Waals surface area contributed by atoms with E-state index < -0.39 is 0 Å². The number of hydrogen-bond donors (Lipinski definition) is 1. The minimum absolute atomic E-state index is 0.179. The number of thiophene rings is 1. The topological polar surface area (TPSA) is 26.0 Å². The number of nitrogens with two attached hydrogens (primary N) is 1. The van der Waals surface area contributed by atoms with Crippen molar-refractivity contribution in [3.05, 3.63) is 21.9 Å². The maximum atomic E-state index is 6.26. The Bertz CT molecular complexity index is 288. The van der Waals surface area contributed by atoms with Gasteiger partial charge in [0.25, 0.3) is 0 Å². The van der Waals surface area contributed by atoms with Gasteiger partial charge >= 0.3 is 0 Å². The van der Waals surface area contributed by atoms with Crippen LogP contribution in [0.15, 0.2) is 12.1 Å². The van der Waals surface area contributed by atoms with Crippen molar-refractivity contribution in [3.8, 4) is 0 Å². The fraction of sp³-hybridized carbons (Fsp3) is 0.667. The second-order valence-corrected chi connectivity index (χ2v) is 5.68. The predicted octanol–water partition coefficient (Wildman–Crippen LogP) is 3.75. The Morgan fingerprint density at radius 2 is 2.00 bits per heavy atom. The molecular formula is C12H21NS. The summed E-state index contributed by atoms with van der Waals surface area (Å²) in [5.41, 5.74) is 6.47. The zero-order chi connectivity index (χ0) is 10.8. The van der Waals surface area contributed by atoms with Gasteiger partial charge in [-0.3, -0.25) is 0 Å². The maximum absolute atomic E-state index is 6.26. The summed E-state index contributed by atoms with van der Waals surface area (Å²) in [4.78, 5) is 2.76. The van der Waals surface area contributed by atoms with Crippen LogP contribution >= 0.6 is 11.3 Å². The summed E-state index contributed by atoms with van der Waals surface area (Å²) in [5.74, 6) is 0. The van der Waals surface area contributed by atoms with E-state index in [0.717, 1.165) is 12.8 Å². The van der Waals surface area contributed by atoms with Gasteiger partial charge in [0, 0.05) is 15.8 Å². The van der Waals surface area contributed by atoms with Gasteiger partial charge in [-0.15, -0.1) is 11.3 Å². The van der Waals surface area contributed by atoms with Gasteiger partial charge < -0.3 is 5.73 Å². The molecule has 0 aliphatic rings. The minimum Gasteiger partial charge on any atom is -0.323 e. The Morgan fingerprint density at radius 3 is 2.43 bits per heavy atom. The van der Waals surface area contributed by atoms with E-state index in [-0.39, 0.29) is 11.5 Å². The van der Waals surface area contributed by atoms with E-state index in [9.17, 15) is 0 Å². The largest absolute Gasteiger partial charge is 0.323 e. The van der Waals surface area contributed by atoms with Crippen LogP contribution in [0.3, 0.4) is 0 Å². The van der Waals surface area contributed by atoms with E-state index in [0.29, 0.717) is 0 Å². The first-order chi connectivity index (χ1) is 6.51. The van der Waals surface area contributed by atoms with Crippen LogP contribution in [-0.4, -0.2) is 0 Å². The normalized spacial score (nSPS) is 14.4. The molecule has 1 aromatic rings. The molecule has 0 radical (unpaired) electrons. The Labute approximate surface area is 91.3 Å². The van der Waals surface area contributed by atoms with Crippen LogP contribution in [0.25, 0.3) is 0 Å². The zero-order valence-electron chi connectivity index (χ0n) is 9.63. The van der Waals surface area contributed by atoms with Gasteiger partial charge in [0.15, 0.2) is 0 Å². The molecule has 1 nitrogen and oxygen atoms in total. The first-order valence-electron chi connectivity index (χ1n) is 5.35. The third-order valence-corrected chi connectivity index (χ3v) is 4.40. The van der Waals surface area contributed by atoms with Crippen LogP contribution in [-0.2, 0) is 6.42 Å². The smallest absolute Gasteiger partial charge is 0.0441 e. The highest BCUT2D eigenvalue weighted by molar-refractivity contribution is 7.12. The highest BCUT2D eigenvalue weighted by Crippen LogP contribution is 2.37. The van der Waals surface area contributed by atoms with Crippen molar-refractivity contribution >= 4 is 11.3 Å². The molecule has 0 spiro atoms. The lowest BCUT2D eigenvalue weighted by atomic mass is 9.82. The van der Waals surface area contributed by atoms with Gasteiger partial charge in [-0.05, 0) is 30.4 Å². The molecule has 2 heteroatoms. The van der Waals surface area contributed by atoms with Crippen LogP contribution in [0.5, 0.6) is 0 Å². The SMILES string of the molecule is CCc1ccc(C(N)C(C)(C)CC)s1. The van der Waals surface area contributed by atoms with E-state index in [1.54, 1.807) is 0 Å². The van der Waals surface area contributed by atoms with E-state index in [4.69, 9.17) is 5.73 Å². The zero-order valence-corrected chi connectivity index (χ0v) is 10.4. The highest BCUT2D eigenvalue weighted by atomic mass is 32.1. The number of hydrogen-bond acceptors (Lipinski definition) is 2. The van der Waals surface area contributed by atoms with Crippen LogP contribution in [0.4, 0.5) is 0 Å². The van der Waals surface area contributed by atoms with Crippen LogP contribution < -0.4 is 5.73 Å². The first kappa shape index (κ1) is 11.7. The lowest BCUT2D eigenvalue weighted by molar-refractivity contribution is 0.281. The molecular weight excluding hydrogens is 190 g/mol. The molecule has 1 rings (SSSR count). The van der Waals surface area contributed by atoms with Crippen molar-refractivity contribution in [2.75, 3.05) is 0 Å². The van der Waals surface area contributed by atoms with Crippen LogP contribution in [0, 0.1) is 5.41 Å². The van der Waals surface area contributed by atoms with Gasteiger partial charge in [-0.1, -0.05) is 27.7 Å². The number of aryl methyl sites for hydroxylation is 1. The fourth-order valence-corrected chi connectivity index (χ4v) is 2.52. The van der Waals surface area contributed by atoms with Crippen LogP contribution in [0.2, 0.25) is 0 Å². The third-order valence-electron chi connectivity index (χ3n) is 3.09. The molecule has 1 heterocycles. The average molecular weight is 211 g/mol. The summed E-state index contributed by atoms with van der Waals surface area (Å²) < 4.78 is 0. The average Bonchev–Trinajstić information content (AvgIpc) is 2.64. The van der Waals surface area contributed by atoms with Crippen LogP contribution in [0.1, 0.15) is 49.9 Å². The molecule has 1 atom stereocenters. The molecule has 0 aliphatic carbocycles. The standard InChI is InChI=1S/C12H21NS/c1-5-9-7-8-10(14-9)11(13)12(3,4)6-2/h7-8,11H,5-6,13H2,1-4H3. The lowest BCUT2D eigenvalue weighted by Crippen LogP contribution is -2.27. The molecule has 0 fully saturated rings. The molecule has 14 heavy (non-hydrogen) atoms. The second kappa shape index (κ2) is 4.45. The van der Waals surface area contributed by atoms with Crippen molar-refractivity contribution in [2.24, 2.45) is 11.1 Å². The summed E-state index contributed by atoms with van der Waals surface area (Å²) in [6.45, 7) is 8.87. The predicted molar refractivity (Wildman–Crippen MR) is 64.7 cm³/mol. The van der Waals surface area contributed by atoms with Crippen molar-refractivity contribution in [3.63, 3.8) is 0 Å². The summed E-state index contributed by atoms with van der Waals surface area (Å²) in [5, 5.41) is 0. The first-order valence-corrected chi connectivity index (χ1v) is 6.17. The van der Waals surface area contributed by atoms with Gasteiger partial charge in [0.05, 0.1) is 0 Å². The fourth-order valence-electron chi connectivity index (χ4n) is 1.36. The summed E-state index contributed by atoms with van der Waals surface area (Å²) in [7, 11) is 0. The Balaban J connectivity index is 2.83. The van der Waals surface area contributed by atoms with E-state index in [1.807, 2.05) is 11.3 Å². The molecule has 0 saturated carbocycles. The molecule has 1 aromatic heterocycles. The summed E-state index contributed by atoms with van der Waals surface area (Å²) >= 11 is 1.86. The molecule has 0 aromatic carbocycles. The quantitative estimate of drug-likeness (QED) is 0.806.